The van der Waals surface area contributed by atoms with E-state index in [-0.39, 0.29) is 18.9 Å². The van der Waals surface area contributed by atoms with Gasteiger partial charge in [0, 0.05) is 12.6 Å². The molecule has 0 fully saturated rings. The molecular weight excluding hydrogens is 222 g/mol. The van der Waals surface area contributed by atoms with Crippen molar-refractivity contribution in [3.63, 3.8) is 0 Å². The van der Waals surface area contributed by atoms with Crippen LogP contribution in [0.3, 0.4) is 0 Å². The molecule has 0 aromatic carbocycles. The van der Waals surface area contributed by atoms with Crippen LogP contribution < -0.4 is 0 Å². The van der Waals surface area contributed by atoms with Gasteiger partial charge in [0.1, 0.15) is 0 Å². The average Bonchev–Trinajstić information content (AvgIpc) is 2.62. The molecule has 0 aliphatic carbocycles. The Morgan fingerprint density at radius 3 is 2.81 bits per heavy atom. The number of aryl methyl sites for hydroxylation is 1. The molecule has 1 amide bonds. The lowest BCUT2D eigenvalue weighted by Gasteiger charge is -2.19. The predicted molar refractivity (Wildman–Crippen MR) is 50.2 cm³/mol. The lowest BCUT2D eigenvalue weighted by atomic mass is 10.3. The summed E-state index contributed by atoms with van der Waals surface area (Å²) in [5.41, 5.74) is 0.490. The van der Waals surface area contributed by atoms with E-state index in [0.29, 0.717) is 5.69 Å². The first-order chi connectivity index (χ1) is 7.54. The molecule has 1 rings (SSSR count). The van der Waals surface area contributed by atoms with Crippen molar-refractivity contribution in [2.24, 2.45) is 0 Å². The fraction of sp³-hybridized carbons (Fsp3) is 0.556. The maximum Gasteiger partial charge on any atom is 0.292 e. The summed E-state index contributed by atoms with van der Waals surface area (Å²) in [5.74, 6) is -0.804. The first kappa shape index (κ1) is 12.6. The lowest BCUT2D eigenvalue weighted by molar-refractivity contribution is 0.0476. The Labute approximate surface area is 90.6 Å². The fourth-order valence-electron chi connectivity index (χ4n) is 1.18. The van der Waals surface area contributed by atoms with Gasteiger partial charge in [-0.15, -0.1) is 0 Å². The van der Waals surface area contributed by atoms with Gasteiger partial charge in [0.05, 0.1) is 18.8 Å². The number of carbonyl (C=O) groups is 1. The van der Waals surface area contributed by atoms with Crippen LogP contribution in [0, 0.1) is 6.92 Å². The van der Waals surface area contributed by atoms with Crippen LogP contribution in [0.5, 0.6) is 0 Å². The topological polar surface area (TPSA) is 66.6 Å². The third-order valence-corrected chi connectivity index (χ3v) is 1.85. The highest BCUT2D eigenvalue weighted by atomic mass is 19.3. The molecule has 90 valence electrons. The highest BCUT2D eigenvalue weighted by Gasteiger charge is 2.22. The van der Waals surface area contributed by atoms with E-state index in [1.807, 2.05) is 0 Å². The number of aliphatic hydroxyl groups excluding tert-OH is 1. The summed E-state index contributed by atoms with van der Waals surface area (Å²) >= 11 is 0. The number of alkyl halides is 2. The molecule has 0 bridgehead atoms. The fourth-order valence-corrected chi connectivity index (χ4v) is 1.18. The molecule has 0 radical (unpaired) electrons. The Bertz CT molecular complexity index is 354. The number of carbonyl (C=O) groups excluding carboxylic acids is 1. The van der Waals surface area contributed by atoms with Crippen molar-refractivity contribution < 1.29 is 23.2 Å². The Morgan fingerprint density at radius 1 is 1.69 bits per heavy atom. The first-order valence-corrected chi connectivity index (χ1v) is 4.66. The normalized spacial score (nSPS) is 10.8. The van der Waals surface area contributed by atoms with E-state index >= 15 is 0 Å². The van der Waals surface area contributed by atoms with E-state index in [0.717, 1.165) is 4.90 Å². The van der Waals surface area contributed by atoms with Gasteiger partial charge < -0.3 is 14.5 Å². The van der Waals surface area contributed by atoms with Gasteiger partial charge in [0.15, 0.2) is 0 Å². The molecule has 16 heavy (non-hydrogen) atoms. The van der Waals surface area contributed by atoms with E-state index in [1.54, 1.807) is 6.92 Å². The SMILES string of the molecule is Cc1cc(C(=O)N(CCO)CC(F)F)on1. The third kappa shape index (κ3) is 3.27. The molecule has 0 saturated heterocycles. The van der Waals surface area contributed by atoms with Crippen LogP contribution in [-0.2, 0) is 0 Å². The van der Waals surface area contributed by atoms with Crippen LogP contribution in [0.2, 0.25) is 0 Å². The average molecular weight is 234 g/mol. The number of nitrogens with zero attached hydrogens (tertiary/aromatic N) is 2. The Kier molecular flexibility index (Phi) is 4.36. The van der Waals surface area contributed by atoms with Gasteiger partial charge in [-0.05, 0) is 6.92 Å². The van der Waals surface area contributed by atoms with E-state index in [2.05, 4.69) is 9.68 Å². The number of aromatic nitrogens is 1. The summed E-state index contributed by atoms with van der Waals surface area (Å²) in [5, 5.41) is 12.2. The number of aliphatic hydroxyl groups is 1. The van der Waals surface area contributed by atoms with Crippen LogP contribution in [0.4, 0.5) is 8.78 Å². The molecule has 0 atom stereocenters. The maximum absolute atomic E-state index is 12.2. The highest BCUT2D eigenvalue weighted by Crippen LogP contribution is 2.08. The van der Waals surface area contributed by atoms with Gasteiger partial charge >= 0.3 is 0 Å². The Hall–Kier alpha value is -1.50. The van der Waals surface area contributed by atoms with Crippen LogP contribution in [0.25, 0.3) is 0 Å². The summed E-state index contributed by atoms with van der Waals surface area (Å²) < 4.78 is 29.0. The maximum atomic E-state index is 12.2. The summed E-state index contributed by atoms with van der Waals surface area (Å²) in [7, 11) is 0. The van der Waals surface area contributed by atoms with Crippen LogP contribution in [0.1, 0.15) is 16.2 Å². The quantitative estimate of drug-likeness (QED) is 0.813. The predicted octanol–water partition coefficient (Wildman–Crippen LogP) is 0.683. The Balaban J connectivity index is 2.74. The molecule has 0 unspecified atom stereocenters. The van der Waals surface area contributed by atoms with Crippen molar-refractivity contribution >= 4 is 5.91 Å². The molecule has 0 saturated carbocycles. The van der Waals surface area contributed by atoms with Gasteiger partial charge in [-0.3, -0.25) is 4.79 Å². The highest BCUT2D eigenvalue weighted by molar-refractivity contribution is 5.91. The summed E-state index contributed by atoms with van der Waals surface area (Å²) in [6, 6.07) is 1.36. The first-order valence-electron chi connectivity index (χ1n) is 4.66. The second kappa shape index (κ2) is 5.55. The lowest BCUT2D eigenvalue weighted by Crippen LogP contribution is -2.37. The molecule has 1 aromatic rings. The van der Waals surface area contributed by atoms with Gasteiger partial charge in [-0.25, -0.2) is 8.78 Å². The van der Waals surface area contributed by atoms with Crippen molar-refractivity contribution in [2.75, 3.05) is 19.7 Å². The van der Waals surface area contributed by atoms with E-state index in [4.69, 9.17) is 5.11 Å². The molecule has 1 N–H and O–H groups in total. The van der Waals surface area contributed by atoms with Gasteiger partial charge in [0.2, 0.25) is 5.76 Å². The van der Waals surface area contributed by atoms with Crippen LogP contribution in [-0.4, -0.2) is 47.2 Å². The number of halogens is 2. The molecule has 0 aliphatic heterocycles. The third-order valence-electron chi connectivity index (χ3n) is 1.85. The van der Waals surface area contributed by atoms with Gasteiger partial charge in [-0.2, -0.15) is 0 Å². The summed E-state index contributed by atoms with van der Waals surface area (Å²) in [4.78, 5) is 12.5. The van der Waals surface area contributed by atoms with Crippen molar-refractivity contribution in [1.29, 1.82) is 0 Å². The number of hydrogen-bond donors (Lipinski definition) is 1. The standard InChI is InChI=1S/C9H12F2N2O3/c1-6-4-7(16-12-6)9(15)13(2-3-14)5-8(10)11/h4,8,14H,2-3,5H2,1H3. The second-order valence-electron chi connectivity index (χ2n) is 3.20. The molecule has 1 aromatic heterocycles. The number of amides is 1. The number of hydrogen-bond acceptors (Lipinski definition) is 4. The smallest absolute Gasteiger partial charge is 0.292 e. The zero-order valence-electron chi connectivity index (χ0n) is 8.69. The van der Waals surface area contributed by atoms with Crippen molar-refractivity contribution in [3.05, 3.63) is 17.5 Å². The zero-order chi connectivity index (χ0) is 12.1. The minimum atomic E-state index is -2.65. The largest absolute Gasteiger partial charge is 0.395 e. The molecular formula is C9H12F2N2O3. The minimum absolute atomic E-state index is 0.105. The van der Waals surface area contributed by atoms with Crippen molar-refractivity contribution in [3.8, 4) is 0 Å². The summed E-state index contributed by atoms with van der Waals surface area (Å²) in [6.07, 6.45) is -2.65. The van der Waals surface area contributed by atoms with Crippen molar-refractivity contribution in [1.82, 2.24) is 10.1 Å². The second-order valence-corrected chi connectivity index (χ2v) is 3.20. The van der Waals surface area contributed by atoms with E-state index in [1.165, 1.54) is 6.07 Å². The Morgan fingerprint density at radius 2 is 2.38 bits per heavy atom. The molecule has 5 nitrogen and oxygen atoms in total. The molecule has 0 aliphatic rings. The van der Waals surface area contributed by atoms with E-state index in [9.17, 15) is 13.6 Å². The van der Waals surface area contributed by atoms with Gasteiger partial charge in [-0.1, -0.05) is 5.16 Å². The molecule has 0 spiro atoms. The summed E-state index contributed by atoms with van der Waals surface area (Å²) in [6.45, 7) is 0.331. The zero-order valence-corrected chi connectivity index (χ0v) is 8.69. The minimum Gasteiger partial charge on any atom is -0.395 e. The molecule has 7 heteroatoms. The monoisotopic (exact) mass is 234 g/mol. The number of rotatable bonds is 5. The van der Waals surface area contributed by atoms with Crippen molar-refractivity contribution in [2.45, 2.75) is 13.3 Å². The van der Waals surface area contributed by atoms with E-state index < -0.39 is 18.9 Å². The van der Waals surface area contributed by atoms with Gasteiger partial charge in [0.25, 0.3) is 12.3 Å². The van der Waals surface area contributed by atoms with Crippen LogP contribution in [0.15, 0.2) is 10.6 Å². The van der Waals surface area contributed by atoms with Crippen LogP contribution >= 0.6 is 0 Å². The molecule has 1 heterocycles.